The third kappa shape index (κ3) is 2.11. The Bertz CT molecular complexity index is 806. The number of carboxylic acid groups (broad SMARTS) is 1. The molecule has 0 aliphatic rings. The van der Waals surface area contributed by atoms with Crippen molar-refractivity contribution in [1.82, 2.24) is 4.98 Å². The Morgan fingerprint density at radius 3 is 2.45 bits per heavy atom. The number of benzene rings is 2. The van der Waals surface area contributed by atoms with Crippen LogP contribution in [0.5, 0.6) is 0 Å². The topological polar surface area (TPSA) is 63.3 Å². The van der Waals surface area contributed by atoms with Gasteiger partial charge in [0.25, 0.3) is 0 Å². The van der Waals surface area contributed by atoms with E-state index in [1.165, 1.54) is 18.2 Å². The summed E-state index contributed by atoms with van der Waals surface area (Å²) in [5.74, 6) is -2.55. The molecule has 1 N–H and O–H groups in total. The van der Waals surface area contributed by atoms with E-state index in [9.17, 15) is 13.6 Å². The van der Waals surface area contributed by atoms with Crippen LogP contribution >= 0.6 is 0 Å². The zero-order valence-electron chi connectivity index (χ0n) is 9.93. The van der Waals surface area contributed by atoms with Gasteiger partial charge in [-0.25, -0.2) is 18.6 Å². The first kappa shape index (κ1) is 12.3. The Morgan fingerprint density at radius 2 is 1.80 bits per heavy atom. The number of aromatic carboxylic acids is 1. The highest BCUT2D eigenvalue weighted by Gasteiger charge is 2.12. The van der Waals surface area contributed by atoms with Gasteiger partial charge >= 0.3 is 5.97 Å². The molecule has 0 fully saturated rings. The number of carbonyl (C=O) groups is 1. The van der Waals surface area contributed by atoms with Gasteiger partial charge in [-0.15, -0.1) is 0 Å². The van der Waals surface area contributed by atoms with E-state index in [1.807, 2.05) is 0 Å². The number of halogens is 2. The third-order valence-corrected chi connectivity index (χ3v) is 2.74. The minimum Gasteiger partial charge on any atom is -0.478 e. The Balaban J connectivity index is 2.15. The monoisotopic (exact) mass is 275 g/mol. The quantitative estimate of drug-likeness (QED) is 0.777. The highest BCUT2D eigenvalue weighted by molar-refractivity contribution is 5.92. The number of nitrogens with zero attached hydrogens (tertiary/aromatic N) is 1. The van der Waals surface area contributed by atoms with Crippen LogP contribution in [-0.2, 0) is 0 Å². The summed E-state index contributed by atoms with van der Waals surface area (Å²) in [6.07, 6.45) is 0. The fourth-order valence-electron chi connectivity index (χ4n) is 1.86. The van der Waals surface area contributed by atoms with E-state index < -0.39 is 17.6 Å². The van der Waals surface area contributed by atoms with Gasteiger partial charge in [0, 0.05) is 11.6 Å². The molecule has 0 saturated carbocycles. The highest BCUT2D eigenvalue weighted by atomic mass is 19.1. The normalized spacial score (nSPS) is 10.9. The molecule has 0 aliphatic carbocycles. The van der Waals surface area contributed by atoms with Crippen molar-refractivity contribution in [3.63, 3.8) is 0 Å². The molecule has 3 rings (SSSR count). The van der Waals surface area contributed by atoms with Crippen molar-refractivity contribution in [2.24, 2.45) is 0 Å². The summed E-state index contributed by atoms with van der Waals surface area (Å²) in [5, 5.41) is 8.88. The Hall–Kier alpha value is -2.76. The van der Waals surface area contributed by atoms with Gasteiger partial charge in [-0.05, 0) is 30.3 Å². The number of fused-ring (bicyclic) bond motifs is 1. The van der Waals surface area contributed by atoms with Crippen LogP contribution in [0.2, 0.25) is 0 Å². The van der Waals surface area contributed by atoms with Crippen molar-refractivity contribution in [3.05, 3.63) is 53.6 Å². The standard InChI is InChI=1S/C14H7F2NO3/c15-9-3-8(4-10(16)6-9)13-17-11-5-7(14(18)19)1-2-12(11)20-13/h1-6H,(H,18,19). The van der Waals surface area contributed by atoms with E-state index in [2.05, 4.69) is 4.98 Å². The van der Waals surface area contributed by atoms with Gasteiger partial charge in [0.15, 0.2) is 5.58 Å². The molecule has 4 nitrogen and oxygen atoms in total. The molecule has 0 aliphatic heterocycles. The Morgan fingerprint density at radius 1 is 1.10 bits per heavy atom. The van der Waals surface area contributed by atoms with Crippen molar-refractivity contribution in [2.75, 3.05) is 0 Å². The first-order valence-corrected chi connectivity index (χ1v) is 5.63. The lowest BCUT2D eigenvalue weighted by atomic mass is 10.2. The van der Waals surface area contributed by atoms with Crippen molar-refractivity contribution in [2.45, 2.75) is 0 Å². The molecule has 0 radical (unpaired) electrons. The predicted octanol–water partition coefficient (Wildman–Crippen LogP) is 3.47. The molecule has 1 aromatic heterocycles. The van der Waals surface area contributed by atoms with Crippen molar-refractivity contribution >= 4 is 17.1 Å². The van der Waals surface area contributed by atoms with Crippen LogP contribution in [0.25, 0.3) is 22.6 Å². The van der Waals surface area contributed by atoms with Gasteiger partial charge in [0.1, 0.15) is 17.2 Å². The largest absolute Gasteiger partial charge is 0.478 e. The molecule has 2 aromatic carbocycles. The highest BCUT2D eigenvalue weighted by Crippen LogP contribution is 2.26. The minimum absolute atomic E-state index is 0.0286. The van der Waals surface area contributed by atoms with Crippen LogP contribution in [0, 0.1) is 11.6 Å². The average Bonchev–Trinajstić information content (AvgIpc) is 2.80. The number of carboxylic acids is 1. The average molecular weight is 275 g/mol. The zero-order chi connectivity index (χ0) is 14.3. The number of rotatable bonds is 2. The summed E-state index contributed by atoms with van der Waals surface area (Å²) in [7, 11) is 0. The van der Waals surface area contributed by atoms with Crippen molar-refractivity contribution in [3.8, 4) is 11.5 Å². The molecule has 0 atom stereocenters. The van der Waals surface area contributed by atoms with E-state index in [-0.39, 0.29) is 17.0 Å². The molecule has 0 bridgehead atoms. The Labute approximate surface area is 111 Å². The maximum absolute atomic E-state index is 13.2. The molecule has 0 spiro atoms. The van der Waals surface area contributed by atoms with Gasteiger partial charge in [0.2, 0.25) is 5.89 Å². The second-order valence-corrected chi connectivity index (χ2v) is 4.16. The molecule has 100 valence electrons. The molecule has 0 unspecified atom stereocenters. The summed E-state index contributed by atoms with van der Waals surface area (Å²) in [5.41, 5.74) is 0.859. The van der Waals surface area contributed by atoms with E-state index in [0.717, 1.165) is 18.2 Å². The molecule has 20 heavy (non-hydrogen) atoms. The smallest absolute Gasteiger partial charge is 0.335 e. The molecule has 3 aromatic rings. The summed E-state index contributed by atoms with van der Waals surface area (Å²) < 4.78 is 31.7. The molecule has 0 saturated heterocycles. The van der Waals surface area contributed by atoms with Gasteiger partial charge in [-0.2, -0.15) is 0 Å². The zero-order valence-corrected chi connectivity index (χ0v) is 9.93. The second-order valence-electron chi connectivity index (χ2n) is 4.16. The Kier molecular flexibility index (Phi) is 2.71. The number of aromatic nitrogens is 1. The third-order valence-electron chi connectivity index (χ3n) is 2.74. The van der Waals surface area contributed by atoms with E-state index in [0.29, 0.717) is 11.1 Å². The van der Waals surface area contributed by atoms with Gasteiger partial charge in [-0.3, -0.25) is 0 Å². The first-order chi connectivity index (χ1) is 9.52. The maximum Gasteiger partial charge on any atom is 0.335 e. The van der Waals surface area contributed by atoms with Gasteiger partial charge in [0.05, 0.1) is 5.56 Å². The van der Waals surface area contributed by atoms with Crippen LogP contribution in [0.15, 0.2) is 40.8 Å². The van der Waals surface area contributed by atoms with Crippen molar-refractivity contribution in [1.29, 1.82) is 0 Å². The second kappa shape index (κ2) is 4.41. The van der Waals surface area contributed by atoms with E-state index >= 15 is 0 Å². The van der Waals surface area contributed by atoms with Gasteiger partial charge in [-0.1, -0.05) is 0 Å². The summed E-state index contributed by atoms with van der Waals surface area (Å²) in [6.45, 7) is 0. The van der Waals surface area contributed by atoms with E-state index in [1.54, 1.807) is 0 Å². The number of hydrogen-bond acceptors (Lipinski definition) is 3. The number of oxazole rings is 1. The lowest BCUT2D eigenvalue weighted by molar-refractivity contribution is 0.0697. The van der Waals surface area contributed by atoms with Crippen LogP contribution in [-0.4, -0.2) is 16.1 Å². The molecular formula is C14H7F2NO3. The maximum atomic E-state index is 13.2. The van der Waals surface area contributed by atoms with Crippen LogP contribution in [0.4, 0.5) is 8.78 Å². The fourth-order valence-corrected chi connectivity index (χ4v) is 1.86. The predicted molar refractivity (Wildman–Crippen MR) is 66.3 cm³/mol. The molecule has 1 heterocycles. The molecular weight excluding hydrogens is 268 g/mol. The lowest BCUT2D eigenvalue weighted by Crippen LogP contribution is -1.94. The SMILES string of the molecule is O=C(O)c1ccc2oc(-c3cc(F)cc(F)c3)nc2c1. The van der Waals surface area contributed by atoms with Crippen LogP contribution in [0.3, 0.4) is 0 Å². The van der Waals surface area contributed by atoms with Crippen LogP contribution < -0.4 is 0 Å². The minimum atomic E-state index is -1.09. The van der Waals surface area contributed by atoms with Gasteiger partial charge < -0.3 is 9.52 Å². The summed E-state index contributed by atoms with van der Waals surface area (Å²) in [4.78, 5) is 14.9. The van der Waals surface area contributed by atoms with Crippen molar-refractivity contribution < 1.29 is 23.1 Å². The van der Waals surface area contributed by atoms with E-state index in [4.69, 9.17) is 9.52 Å². The molecule has 0 amide bonds. The number of hydrogen-bond donors (Lipinski definition) is 1. The van der Waals surface area contributed by atoms with Crippen LogP contribution in [0.1, 0.15) is 10.4 Å². The lowest BCUT2D eigenvalue weighted by Gasteiger charge is -1.96. The first-order valence-electron chi connectivity index (χ1n) is 5.63. The fraction of sp³-hybridized carbons (Fsp3) is 0. The summed E-state index contributed by atoms with van der Waals surface area (Å²) >= 11 is 0. The summed E-state index contributed by atoms with van der Waals surface area (Å²) in [6, 6.07) is 7.07. The molecule has 6 heteroatoms.